The van der Waals surface area contributed by atoms with Gasteiger partial charge in [-0.2, -0.15) is 0 Å². The lowest BCUT2D eigenvalue weighted by Gasteiger charge is -2.31. The Bertz CT molecular complexity index is 559. The van der Waals surface area contributed by atoms with Crippen molar-refractivity contribution in [2.75, 3.05) is 18.0 Å². The van der Waals surface area contributed by atoms with E-state index in [-0.39, 0.29) is 12.1 Å². The zero-order valence-corrected chi connectivity index (χ0v) is 12.1. The first kappa shape index (κ1) is 13.9. The second-order valence-corrected chi connectivity index (χ2v) is 7.32. The standard InChI is InChI=1S/C14H20N2O3S/c17-13-7-9-16(10-8-13)12-3-5-14(6-4-12)20(18,19)15-11-1-2-11/h3-6,11,13,15,17H,1-2,7-10H2. The summed E-state index contributed by atoms with van der Waals surface area (Å²) in [6, 6.07) is 7.14. The van der Waals surface area contributed by atoms with Gasteiger partial charge in [-0.1, -0.05) is 0 Å². The van der Waals surface area contributed by atoms with Crippen molar-refractivity contribution in [1.29, 1.82) is 0 Å². The number of benzene rings is 1. The molecule has 5 nitrogen and oxygen atoms in total. The Labute approximate surface area is 119 Å². The van der Waals surface area contributed by atoms with E-state index in [0.717, 1.165) is 44.5 Å². The highest BCUT2D eigenvalue weighted by atomic mass is 32.2. The van der Waals surface area contributed by atoms with E-state index in [1.807, 2.05) is 12.1 Å². The van der Waals surface area contributed by atoms with Crippen LogP contribution in [0, 0.1) is 0 Å². The van der Waals surface area contributed by atoms with Crippen LogP contribution in [0.15, 0.2) is 29.2 Å². The minimum Gasteiger partial charge on any atom is -0.393 e. The lowest BCUT2D eigenvalue weighted by Crippen LogP contribution is -2.35. The topological polar surface area (TPSA) is 69.6 Å². The van der Waals surface area contributed by atoms with Crippen LogP contribution in [0.2, 0.25) is 0 Å². The van der Waals surface area contributed by atoms with Crippen molar-refractivity contribution in [2.24, 2.45) is 0 Å². The minimum atomic E-state index is -3.36. The normalized spacial score (nSPS) is 21.1. The molecule has 1 aromatic rings. The molecule has 1 aliphatic heterocycles. The molecule has 2 aliphatic rings. The summed E-state index contributed by atoms with van der Waals surface area (Å²) in [4.78, 5) is 2.50. The Hall–Kier alpha value is -1.11. The molecule has 2 fully saturated rings. The molecular formula is C14H20N2O3S. The fourth-order valence-electron chi connectivity index (χ4n) is 2.45. The third-order valence-corrected chi connectivity index (χ3v) is 5.41. The van der Waals surface area contributed by atoms with Crippen molar-refractivity contribution in [2.45, 2.75) is 42.7 Å². The molecule has 1 aromatic carbocycles. The molecule has 0 radical (unpaired) electrons. The number of aliphatic hydroxyl groups is 1. The predicted octanol–water partition coefficient (Wildman–Crippen LogP) is 1.09. The van der Waals surface area contributed by atoms with Crippen molar-refractivity contribution >= 4 is 15.7 Å². The summed E-state index contributed by atoms with van der Waals surface area (Å²) in [5, 5.41) is 9.50. The number of aliphatic hydroxyl groups excluding tert-OH is 1. The van der Waals surface area contributed by atoms with Crippen LogP contribution in [-0.2, 0) is 10.0 Å². The second kappa shape index (κ2) is 5.35. The molecule has 2 N–H and O–H groups in total. The number of hydrogen-bond acceptors (Lipinski definition) is 4. The summed E-state index contributed by atoms with van der Waals surface area (Å²) in [6.07, 6.45) is 3.21. The van der Waals surface area contributed by atoms with Gasteiger partial charge in [-0.15, -0.1) is 0 Å². The molecule has 0 atom stereocenters. The second-order valence-electron chi connectivity index (χ2n) is 5.61. The summed E-state index contributed by atoms with van der Waals surface area (Å²) in [5.41, 5.74) is 1.02. The van der Waals surface area contributed by atoms with Crippen molar-refractivity contribution in [1.82, 2.24) is 4.72 Å². The van der Waals surface area contributed by atoms with Gasteiger partial charge in [-0.25, -0.2) is 13.1 Å². The van der Waals surface area contributed by atoms with E-state index in [4.69, 9.17) is 0 Å². The first-order chi connectivity index (χ1) is 9.54. The molecule has 0 aromatic heterocycles. The highest BCUT2D eigenvalue weighted by Crippen LogP contribution is 2.24. The highest BCUT2D eigenvalue weighted by Gasteiger charge is 2.28. The number of piperidine rings is 1. The number of rotatable bonds is 4. The van der Waals surface area contributed by atoms with Gasteiger partial charge in [0.05, 0.1) is 11.0 Å². The molecule has 110 valence electrons. The Balaban J connectivity index is 1.70. The molecule has 1 saturated heterocycles. The molecule has 1 heterocycles. The van der Waals surface area contributed by atoms with Crippen LogP contribution in [0.5, 0.6) is 0 Å². The van der Waals surface area contributed by atoms with Crippen LogP contribution in [0.1, 0.15) is 25.7 Å². The number of hydrogen-bond donors (Lipinski definition) is 2. The van der Waals surface area contributed by atoms with Crippen LogP contribution in [-0.4, -0.2) is 38.8 Å². The molecule has 0 amide bonds. The van der Waals surface area contributed by atoms with E-state index in [9.17, 15) is 13.5 Å². The van der Waals surface area contributed by atoms with Gasteiger partial charge in [-0.05, 0) is 49.9 Å². The van der Waals surface area contributed by atoms with Gasteiger partial charge in [0.15, 0.2) is 0 Å². The summed E-state index contributed by atoms with van der Waals surface area (Å²) in [5.74, 6) is 0. The third kappa shape index (κ3) is 3.13. The smallest absolute Gasteiger partial charge is 0.240 e. The molecule has 20 heavy (non-hydrogen) atoms. The van der Waals surface area contributed by atoms with Gasteiger partial charge in [0.25, 0.3) is 0 Å². The fourth-order valence-corrected chi connectivity index (χ4v) is 3.75. The number of nitrogens with one attached hydrogen (secondary N) is 1. The lowest BCUT2D eigenvalue weighted by molar-refractivity contribution is 0.145. The largest absolute Gasteiger partial charge is 0.393 e. The molecule has 0 spiro atoms. The van der Waals surface area contributed by atoms with Crippen LogP contribution in [0.3, 0.4) is 0 Å². The molecule has 0 unspecified atom stereocenters. The maximum atomic E-state index is 12.1. The van der Waals surface area contributed by atoms with Crippen LogP contribution in [0.25, 0.3) is 0 Å². The highest BCUT2D eigenvalue weighted by molar-refractivity contribution is 7.89. The van der Waals surface area contributed by atoms with Crippen LogP contribution >= 0.6 is 0 Å². The average Bonchev–Trinajstić information content (AvgIpc) is 3.23. The molecule has 3 rings (SSSR count). The first-order valence-corrected chi connectivity index (χ1v) is 8.58. The average molecular weight is 296 g/mol. The number of sulfonamides is 1. The zero-order chi connectivity index (χ0) is 14.2. The third-order valence-electron chi connectivity index (χ3n) is 3.88. The summed E-state index contributed by atoms with van der Waals surface area (Å²) < 4.78 is 26.8. The number of anilines is 1. The SMILES string of the molecule is O=S(=O)(NC1CC1)c1ccc(N2CCC(O)CC2)cc1. The van der Waals surface area contributed by atoms with E-state index >= 15 is 0 Å². The summed E-state index contributed by atoms with van der Waals surface area (Å²) >= 11 is 0. The molecule has 6 heteroatoms. The molecule has 0 bridgehead atoms. The predicted molar refractivity (Wildman–Crippen MR) is 77.2 cm³/mol. The Morgan fingerprint density at radius 1 is 1.05 bits per heavy atom. The van der Waals surface area contributed by atoms with E-state index in [1.165, 1.54) is 0 Å². The van der Waals surface area contributed by atoms with E-state index in [0.29, 0.717) is 4.90 Å². The maximum Gasteiger partial charge on any atom is 0.240 e. The van der Waals surface area contributed by atoms with Gasteiger partial charge in [0.2, 0.25) is 10.0 Å². The fraction of sp³-hybridized carbons (Fsp3) is 0.571. The van der Waals surface area contributed by atoms with E-state index in [1.54, 1.807) is 12.1 Å². The van der Waals surface area contributed by atoms with Crippen molar-refractivity contribution < 1.29 is 13.5 Å². The molecule has 1 saturated carbocycles. The van der Waals surface area contributed by atoms with E-state index in [2.05, 4.69) is 9.62 Å². The van der Waals surface area contributed by atoms with Gasteiger partial charge in [-0.3, -0.25) is 0 Å². The van der Waals surface area contributed by atoms with E-state index < -0.39 is 10.0 Å². The Kier molecular flexibility index (Phi) is 3.70. The van der Waals surface area contributed by atoms with Gasteiger partial charge >= 0.3 is 0 Å². The lowest BCUT2D eigenvalue weighted by atomic mass is 10.1. The monoisotopic (exact) mass is 296 g/mol. The van der Waals surface area contributed by atoms with Crippen LogP contribution in [0.4, 0.5) is 5.69 Å². The first-order valence-electron chi connectivity index (χ1n) is 7.10. The van der Waals surface area contributed by atoms with Crippen molar-refractivity contribution in [3.05, 3.63) is 24.3 Å². The summed E-state index contributed by atoms with van der Waals surface area (Å²) in [6.45, 7) is 1.63. The molecule has 1 aliphatic carbocycles. The van der Waals surface area contributed by atoms with Gasteiger partial charge in [0, 0.05) is 24.8 Å². The molecular weight excluding hydrogens is 276 g/mol. The Morgan fingerprint density at radius 3 is 2.20 bits per heavy atom. The maximum absolute atomic E-state index is 12.1. The quantitative estimate of drug-likeness (QED) is 0.872. The van der Waals surface area contributed by atoms with Crippen LogP contribution < -0.4 is 9.62 Å². The Morgan fingerprint density at radius 2 is 1.65 bits per heavy atom. The van der Waals surface area contributed by atoms with Crippen molar-refractivity contribution in [3.8, 4) is 0 Å². The van der Waals surface area contributed by atoms with Crippen molar-refractivity contribution in [3.63, 3.8) is 0 Å². The zero-order valence-electron chi connectivity index (χ0n) is 11.3. The van der Waals surface area contributed by atoms with Gasteiger partial charge in [0.1, 0.15) is 0 Å². The minimum absolute atomic E-state index is 0.128. The van der Waals surface area contributed by atoms with Gasteiger partial charge < -0.3 is 10.0 Å². The number of nitrogens with zero attached hydrogens (tertiary/aromatic N) is 1. The summed E-state index contributed by atoms with van der Waals surface area (Å²) in [7, 11) is -3.36.